The quantitative estimate of drug-likeness (QED) is 0.280. The number of anilines is 3. The number of nitrogens with zero attached hydrogens (tertiary/aromatic N) is 6. The predicted octanol–water partition coefficient (Wildman–Crippen LogP) is 4.65. The minimum atomic E-state index is -3.20. The number of halogens is 3. The number of nitrogens with one attached hydrogen (secondary N) is 2. The minimum absolute atomic E-state index is 0.0539. The van der Waals surface area contributed by atoms with Gasteiger partial charge in [-0.15, -0.1) is 0 Å². The van der Waals surface area contributed by atoms with E-state index in [-0.39, 0.29) is 24.8 Å². The summed E-state index contributed by atoms with van der Waals surface area (Å²) in [7, 11) is 1.46. The number of hydrogen-bond donors (Lipinski definition) is 2. The fourth-order valence-corrected chi connectivity index (χ4v) is 5.74. The summed E-state index contributed by atoms with van der Waals surface area (Å²) in [5.74, 6) is -6.32. The molecule has 0 radical (unpaired) electrons. The van der Waals surface area contributed by atoms with Crippen molar-refractivity contribution < 1.29 is 23.2 Å². The number of carbonyl (C=O) groups excluding carboxylic acids is 3. The van der Waals surface area contributed by atoms with Crippen molar-refractivity contribution in [2.24, 2.45) is 5.92 Å². The van der Waals surface area contributed by atoms with Gasteiger partial charge in [0.2, 0.25) is 11.8 Å². The maximum absolute atomic E-state index is 14.6. The summed E-state index contributed by atoms with van der Waals surface area (Å²) in [5.41, 5.74) is 3.11. The van der Waals surface area contributed by atoms with Crippen LogP contribution in [0.5, 0.6) is 0 Å². The summed E-state index contributed by atoms with van der Waals surface area (Å²) in [4.78, 5) is 53.1. The van der Waals surface area contributed by atoms with Crippen molar-refractivity contribution in [3.8, 4) is 0 Å². The van der Waals surface area contributed by atoms with E-state index in [0.717, 1.165) is 23.3 Å². The van der Waals surface area contributed by atoms with E-state index in [1.54, 1.807) is 12.1 Å². The lowest BCUT2D eigenvalue weighted by Gasteiger charge is -2.17. The summed E-state index contributed by atoms with van der Waals surface area (Å²) in [6, 6.07) is 9.11. The number of likely N-dealkylation sites (N-methyl/N-ethyl adjacent to an activating group) is 1. The van der Waals surface area contributed by atoms with Gasteiger partial charge in [-0.2, -0.15) is 0 Å². The molecule has 14 heteroatoms. The summed E-state index contributed by atoms with van der Waals surface area (Å²) < 4.78 is 31.0. The highest BCUT2D eigenvalue weighted by molar-refractivity contribution is 6.30. The second-order valence-electron chi connectivity index (χ2n) is 11.0. The minimum Gasteiger partial charge on any atom is -0.364 e. The molecule has 2 saturated carbocycles. The molecule has 2 atom stereocenters. The smallest absolute Gasteiger partial charge is 0.331 e. The Hall–Kier alpha value is -4.65. The van der Waals surface area contributed by atoms with Crippen molar-refractivity contribution in [3.05, 3.63) is 77.0 Å². The normalized spacial score (nSPS) is 21.0. The van der Waals surface area contributed by atoms with Crippen LogP contribution in [0.3, 0.4) is 0 Å². The molecule has 4 heterocycles. The van der Waals surface area contributed by atoms with Gasteiger partial charge in [0.25, 0.3) is 5.92 Å². The number of imidazole rings is 1. The van der Waals surface area contributed by atoms with Gasteiger partial charge in [0.1, 0.15) is 30.4 Å². The van der Waals surface area contributed by atoms with E-state index >= 15 is 0 Å². The topological polar surface area (TPSA) is 125 Å². The van der Waals surface area contributed by atoms with E-state index in [0.29, 0.717) is 39.4 Å². The third kappa shape index (κ3) is 4.92. The first kappa shape index (κ1) is 27.2. The van der Waals surface area contributed by atoms with Crippen molar-refractivity contribution >= 4 is 52.4 Å². The van der Waals surface area contributed by atoms with Gasteiger partial charge in [-0.05, 0) is 48.1 Å². The first-order chi connectivity index (χ1) is 20.6. The molecule has 1 aliphatic heterocycles. The van der Waals surface area contributed by atoms with Crippen LogP contribution < -0.4 is 15.5 Å². The van der Waals surface area contributed by atoms with Crippen LogP contribution in [0.2, 0.25) is 5.02 Å². The fraction of sp³-hybridized carbons (Fsp3) is 0.310. The monoisotopic (exact) mass is 606 g/mol. The first-order valence-electron chi connectivity index (χ1n) is 13.7. The number of aromatic nitrogens is 4. The molecule has 2 aliphatic carbocycles. The number of fused-ring (bicyclic) bond motifs is 1. The number of rotatable bonds is 8. The molecule has 2 unspecified atom stereocenters. The molecule has 220 valence electrons. The zero-order valence-corrected chi connectivity index (χ0v) is 23.6. The lowest BCUT2D eigenvalue weighted by Crippen LogP contribution is -2.30. The van der Waals surface area contributed by atoms with Gasteiger partial charge in [-0.3, -0.25) is 19.4 Å². The average molecular weight is 607 g/mol. The fourth-order valence-electron chi connectivity index (χ4n) is 5.54. The predicted molar refractivity (Wildman–Crippen MR) is 153 cm³/mol. The van der Waals surface area contributed by atoms with Gasteiger partial charge in [-0.25, -0.2) is 28.5 Å². The van der Waals surface area contributed by atoms with Gasteiger partial charge in [0.15, 0.2) is 5.65 Å². The summed E-state index contributed by atoms with van der Waals surface area (Å²) in [6.45, 7) is 0.177. The van der Waals surface area contributed by atoms with E-state index < -0.39 is 29.7 Å². The van der Waals surface area contributed by atoms with E-state index in [1.165, 1.54) is 36.5 Å². The molecular formula is C29H25ClF2N8O3. The van der Waals surface area contributed by atoms with Crippen LogP contribution in [0.4, 0.5) is 30.9 Å². The van der Waals surface area contributed by atoms with Gasteiger partial charge in [-0.1, -0.05) is 23.7 Å². The van der Waals surface area contributed by atoms with Gasteiger partial charge in [0, 0.05) is 30.5 Å². The Morgan fingerprint density at radius 3 is 2.60 bits per heavy atom. The molecule has 43 heavy (non-hydrogen) atoms. The van der Waals surface area contributed by atoms with Crippen LogP contribution in [-0.2, 0) is 16.1 Å². The second-order valence-corrected chi connectivity index (χ2v) is 11.5. The van der Waals surface area contributed by atoms with Crippen molar-refractivity contribution in [2.75, 3.05) is 29.1 Å². The first-order valence-corrected chi connectivity index (χ1v) is 14.1. The van der Waals surface area contributed by atoms with Crippen LogP contribution in [-0.4, -0.2) is 61.6 Å². The number of pyridine rings is 1. The maximum atomic E-state index is 14.6. The SMILES string of the molecule is CN1C(=O)CN(c2cc(C3CC3)cn3cc(CNc4cc(NC(=O)C5C(c6cccc(Cl)c6)C5(F)F)ncn4)nc23)C1=O. The van der Waals surface area contributed by atoms with Gasteiger partial charge < -0.3 is 15.0 Å². The third-order valence-corrected chi connectivity index (χ3v) is 8.28. The summed E-state index contributed by atoms with van der Waals surface area (Å²) in [5, 5.41) is 5.91. The van der Waals surface area contributed by atoms with Crippen molar-refractivity contribution in [1.29, 1.82) is 0 Å². The largest absolute Gasteiger partial charge is 0.364 e. The molecule has 11 nitrogen and oxygen atoms in total. The molecular weight excluding hydrogens is 582 g/mol. The molecule has 4 amide bonds. The lowest BCUT2D eigenvalue weighted by atomic mass is 10.1. The van der Waals surface area contributed by atoms with E-state index in [2.05, 4.69) is 20.6 Å². The highest BCUT2D eigenvalue weighted by atomic mass is 35.5. The number of carbonyl (C=O) groups is 3. The van der Waals surface area contributed by atoms with Crippen LogP contribution in [0, 0.1) is 5.92 Å². The average Bonchev–Trinajstić information content (AvgIpc) is 3.85. The van der Waals surface area contributed by atoms with Crippen LogP contribution in [0.1, 0.15) is 41.5 Å². The van der Waals surface area contributed by atoms with E-state index in [4.69, 9.17) is 16.6 Å². The van der Waals surface area contributed by atoms with E-state index in [1.807, 2.05) is 22.9 Å². The highest BCUT2D eigenvalue weighted by Crippen LogP contribution is 2.62. The molecule has 7 rings (SSSR count). The zero-order valence-electron chi connectivity index (χ0n) is 22.8. The Kier molecular flexibility index (Phi) is 6.31. The van der Waals surface area contributed by atoms with Gasteiger partial charge in [0.05, 0.1) is 23.8 Å². The van der Waals surface area contributed by atoms with E-state index in [9.17, 15) is 23.2 Å². The summed E-state index contributed by atoms with van der Waals surface area (Å²) >= 11 is 5.95. The molecule has 0 spiro atoms. The van der Waals surface area contributed by atoms with Crippen LogP contribution >= 0.6 is 11.6 Å². The molecule has 1 aromatic carbocycles. The zero-order chi connectivity index (χ0) is 30.0. The molecule has 0 bridgehead atoms. The molecule has 1 saturated heterocycles. The van der Waals surface area contributed by atoms with Crippen LogP contribution in [0.15, 0.2) is 55.1 Å². The standard InChI is InChI=1S/C29H25ClF2N8O3/c1-38-23(41)13-40(28(38)43)20-8-17(15-5-6-15)11-39-12-19(36-26(20)39)10-33-21-9-22(35-14-34-21)37-27(42)25-24(29(25,31)32)16-3-2-4-18(30)7-16/h2-4,7-9,11-12,14-15,24-25H,5-6,10,13H2,1H3,(H2,33,34,35,37,42). The molecule has 3 fully saturated rings. The third-order valence-electron chi connectivity index (χ3n) is 8.04. The Labute approximate surface area is 248 Å². The molecule has 3 aliphatic rings. The Balaban J connectivity index is 1.06. The van der Waals surface area contributed by atoms with Crippen molar-refractivity contribution in [1.82, 2.24) is 24.3 Å². The number of imide groups is 1. The Morgan fingerprint density at radius 1 is 1.09 bits per heavy atom. The maximum Gasteiger partial charge on any atom is 0.331 e. The molecule has 2 N–H and O–H groups in total. The number of benzene rings is 1. The Bertz CT molecular complexity index is 1810. The molecule has 3 aromatic heterocycles. The summed E-state index contributed by atoms with van der Waals surface area (Å²) in [6.07, 6.45) is 7.16. The van der Waals surface area contributed by atoms with Crippen LogP contribution in [0.25, 0.3) is 5.65 Å². The van der Waals surface area contributed by atoms with Crippen molar-refractivity contribution in [3.63, 3.8) is 0 Å². The number of amides is 4. The van der Waals surface area contributed by atoms with Gasteiger partial charge >= 0.3 is 6.03 Å². The second kappa shape index (κ2) is 9.97. The number of alkyl halides is 2. The lowest BCUT2D eigenvalue weighted by molar-refractivity contribution is -0.124. The Morgan fingerprint density at radius 2 is 1.88 bits per heavy atom. The molecule has 4 aromatic rings. The number of hydrogen-bond acceptors (Lipinski definition) is 7. The number of urea groups is 1. The van der Waals surface area contributed by atoms with Crippen molar-refractivity contribution in [2.45, 2.75) is 37.1 Å². The highest BCUT2D eigenvalue weighted by Gasteiger charge is 2.72.